The SMILES string of the molecule is COc1ccc(CNS(=O)(=O)Cc2ccc(C)cc2)c(OC)c1C. The quantitative estimate of drug-likeness (QED) is 0.835. The highest BCUT2D eigenvalue weighted by Crippen LogP contribution is 2.31. The van der Waals surface area contributed by atoms with Crippen LogP contribution in [0.3, 0.4) is 0 Å². The number of sulfonamides is 1. The molecule has 2 rings (SSSR count). The van der Waals surface area contributed by atoms with Crippen LogP contribution in [0.4, 0.5) is 0 Å². The second kappa shape index (κ2) is 7.68. The summed E-state index contributed by atoms with van der Waals surface area (Å²) in [4.78, 5) is 0. The summed E-state index contributed by atoms with van der Waals surface area (Å²) in [5, 5.41) is 0. The molecule has 130 valence electrons. The molecule has 0 saturated heterocycles. The first-order valence-corrected chi connectivity index (χ1v) is 9.25. The minimum atomic E-state index is -3.44. The van der Waals surface area contributed by atoms with Crippen LogP contribution in [-0.4, -0.2) is 22.6 Å². The van der Waals surface area contributed by atoms with Gasteiger partial charge in [-0.15, -0.1) is 0 Å². The number of hydrogen-bond donors (Lipinski definition) is 1. The molecule has 0 fully saturated rings. The molecule has 0 amide bonds. The molecule has 2 aromatic rings. The molecule has 6 heteroatoms. The average Bonchev–Trinajstić information content (AvgIpc) is 2.55. The third-order valence-electron chi connectivity index (χ3n) is 3.82. The van der Waals surface area contributed by atoms with Crippen LogP contribution >= 0.6 is 0 Å². The summed E-state index contributed by atoms with van der Waals surface area (Å²) in [6.07, 6.45) is 0. The van der Waals surface area contributed by atoms with Gasteiger partial charge in [0.2, 0.25) is 10.0 Å². The fourth-order valence-electron chi connectivity index (χ4n) is 2.52. The molecule has 0 saturated carbocycles. The summed E-state index contributed by atoms with van der Waals surface area (Å²) < 4.78 is 37.9. The number of benzene rings is 2. The molecule has 0 atom stereocenters. The zero-order valence-corrected chi connectivity index (χ0v) is 15.2. The minimum Gasteiger partial charge on any atom is -0.496 e. The van der Waals surface area contributed by atoms with E-state index in [1.165, 1.54) is 0 Å². The van der Waals surface area contributed by atoms with Crippen molar-refractivity contribution in [3.05, 3.63) is 58.7 Å². The first-order valence-electron chi connectivity index (χ1n) is 7.59. The highest BCUT2D eigenvalue weighted by molar-refractivity contribution is 7.88. The van der Waals surface area contributed by atoms with E-state index in [0.717, 1.165) is 22.3 Å². The first-order chi connectivity index (χ1) is 11.4. The van der Waals surface area contributed by atoms with Gasteiger partial charge in [0.1, 0.15) is 11.5 Å². The van der Waals surface area contributed by atoms with Gasteiger partial charge in [0, 0.05) is 17.7 Å². The molecule has 0 bridgehead atoms. The number of ether oxygens (including phenoxy) is 2. The van der Waals surface area contributed by atoms with Gasteiger partial charge < -0.3 is 9.47 Å². The van der Waals surface area contributed by atoms with Crippen molar-refractivity contribution in [2.24, 2.45) is 0 Å². The molecule has 0 aliphatic heterocycles. The summed E-state index contributed by atoms with van der Waals surface area (Å²) in [5.74, 6) is 1.29. The van der Waals surface area contributed by atoms with Gasteiger partial charge in [0.25, 0.3) is 0 Å². The van der Waals surface area contributed by atoms with Gasteiger partial charge >= 0.3 is 0 Å². The Balaban J connectivity index is 2.12. The number of methoxy groups -OCH3 is 2. The number of rotatable bonds is 7. The fraction of sp³-hybridized carbons (Fsp3) is 0.333. The standard InChI is InChI=1S/C18H23NO4S/c1-13-5-7-15(8-6-13)12-24(20,21)19-11-16-9-10-17(22-3)14(2)18(16)23-4/h5-10,19H,11-12H2,1-4H3. The Morgan fingerprint density at radius 1 is 0.958 bits per heavy atom. The van der Waals surface area contributed by atoms with Crippen molar-refractivity contribution >= 4 is 10.0 Å². The van der Waals surface area contributed by atoms with E-state index in [9.17, 15) is 8.42 Å². The molecule has 0 spiro atoms. The van der Waals surface area contributed by atoms with Crippen LogP contribution in [-0.2, 0) is 22.3 Å². The van der Waals surface area contributed by atoms with Crippen LogP contribution in [0.5, 0.6) is 11.5 Å². The lowest BCUT2D eigenvalue weighted by Gasteiger charge is -2.15. The van der Waals surface area contributed by atoms with Crippen molar-refractivity contribution in [3.8, 4) is 11.5 Å². The summed E-state index contributed by atoms with van der Waals surface area (Å²) >= 11 is 0. The minimum absolute atomic E-state index is 0.0509. The monoisotopic (exact) mass is 349 g/mol. The molecule has 0 aliphatic rings. The van der Waals surface area contributed by atoms with E-state index in [-0.39, 0.29) is 12.3 Å². The molecule has 0 aromatic heterocycles. The molecular formula is C18H23NO4S. The molecule has 1 N–H and O–H groups in total. The third-order valence-corrected chi connectivity index (χ3v) is 5.12. The van der Waals surface area contributed by atoms with E-state index in [2.05, 4.69) is 4.72 Å². The maximum Gasteiger partial charge on any atom is 0.216 e. The van der Waals surface area contributed by atoms with Gasteiger partial charge in [0.05, 0.1) is 20.0 Å². The van der Waals surface area contributed by atoms with Crippen LogP contribution in [0.15, 0.2) is 36.4 Å². The summed E-state index contributed by atoms with van der Waals surface area (Å²) in [7, 11) is -0.285. The van der Waals surface area contributed by atoms with Crippen LogP contribution in [0.25, 0.3) is 0 Å². The molecule has 0 heterocycles. The van der Waals surface area contributed by atoms with E-state index >= 15 is 0 Å². The molecule has 0 aliphatic carbocycles. The average molecular weight is 349 g/mol. The lowest BCUT2D eigenvalue weighted by atomic mass is 10.1. The van der Waals surface area contributed by atoms with Crippen LogP contribution < -0.4 is 14.2 Å². The lowest BCUT2D eigenvalue weighted by molar-refractivity contribution is 0.385. The van der Waals surface area contributed by atoms with Gasteiger partial charge in [-0.25, -0.2) is 13.1 Å². The maximum absolute atomic E-state index is 12.3. The Kier molecular flexibility index (Phi) is 5.85. The smallest absolute Gasteiger partial charge is 0.216 e. The van der Waals surface area contributed by atoms with Crippen molar-refractivity contribution < 1.29 is 17.9 Å². The zero-order chi connectivity index (χ0) is 17.7. The van der Waals surface area contributed by atoms with E-state index in [4.69, 9.17) is 9.47 Å². The van der Waals surface area contributed by atoms with Crippen molar-refractivity contribution in [1.82, 2.24) is 4.72 Å². The second-order valence-electron chi connectivity index (χ2n) is 5.65. The Morgan fingerprint density at radius 2 is 1.62 bits per heavy atom. The molecular weight excluding hydrogens is 326 g/mol. The largest absolute Gasteiger partial charge is 0.496 e. The predicted octanol–water partition coefficient (Wildman–Crippen LogP) is 2.94. The molecule has 0 radical (unpaired) electrons. The topological polar surface area (TPSA) is 64.6 Å². The van der Waals surface area contributed by atoms with Crippen LogP contribution in [0, 0.1) is 13.8 Å². The van der Waals surface area contributed by atoms with E-state index in [1.54, 1.807) is 20.3 Å². The zero-order valence-electron chi connectivity index (χ0n) is 14.4. The molecule has 0 unspecified atom stereocenters. The highest BCUT2D eigenvalue weighted by atomic mass is 32.2. The van der Waals surface area contributed by atoms with Crippen molar-refractivity contribution in [3.63, 3.8) is 0 Å². The highest BCUT2D eigenvalue weighted by Gasteiger charge is 2.15. The van der Waals surface area contributed by atoms with Gasteiger partial charge in [-0.2, -0.15) is 0 Å². The predicted molar refractivity (Wildman–Crippen MR) is 94.9 cm³/mol. The third kappa shape index (κ3) is 4.49. The summed E-state index contributed by atoms with van der Waals surface area (Å²) in [5.41, 5.74) is 3.46. The molecule has 2 aromatic carbocycles. The maximum atomic E-state index is 12.3. The summed E-state index contributed by atoms with van der Waals surface area (Å²) in [6, 6.07) is 11.1. The first kappa shape index (κ1) is 18.3. The van der Waals surface area contributed by atoms with Gasteiger partial charge in [-0.3, -0.25) is 0 Å². The lowest BCUT2D eigenvalue weighted by Crippen LogP contribution is -2.25. The Bertz CT molecular complexity index is 799. The van der Waals surface area contributed by atoms with Crippen LogP contribution in [0.2, 0.25) is 0 Å². The number of aryl methyl sites for hydroxylation is 1. The van der Waals surface area contributed by atoms with Gasteiger partial charge in [-0.1, -0.05) is 35.9 Å². The number of hydrogen-bond acceptors (Lipinski definition) is 4. The van der Waals surface area contributed by atoms with E-state index in [0.29, 0.717) is 11.5 Å². The van der Waals surface area contributed by atoms with E-state index in [1.807, 2.05) is 44.2 Å². The number of nitrogens with one attached hydrogen (secondary N) is 1. The van der Waals surface area contributed by atoms with Gasteiger partial charge in [0.15, 0.2) is 0 Å². The molecule has 24 heavy (non-hydrogen) atoms. The van der Waals surface area contributed by atoms with E-state index < -0.39 is 10.0 Å². The molecule has 5 nitrogen and oxygen atoms in total. The van der Waals surface area contributed by atoms with Crippen molar-refractivity contribution in [2.45, 2.75) is 26.1 Å². The van der Waals surface area contributed by atoms with Crippen molar-refractivity contribution in [2.75, 3.05) is 14.2 Å². The Labute approximate surface area is 143 Å². The van der Waals surface area contributed by atoms with Crippen LogP contribution in [0.1, 0.15) is 22.3 Å². The normalized spacial score (nSPS) is 11.3. The second-order valence-corrected chi connectivity index (χ2v) is 7.46. The van der Waals surface area contributed by atoms with Crippen molar-refractivity contribution in [1.29, 1.82) is 0 Å². The van der Waals surface area contributed by atoms with Gasteiger partial charge in [-0.05, 0) is 25.5 Å². The Morgan fingerprint density at radius 3 is 2.21 bits per heavy atom. The fourth-order valence-corrected chi connectivity index (χ4v) is 3.63. The Hall–Kier alpha value is -2.05. The summed E-state index contributed by atoms with van der Waals surface area (Å²) in [6.45, 7) is 4.01.